The van der Waals surface area contributed by atoms with Crippen molar-refractivity contribution in [1.82, 2.24) is 0 Å². The maximum absolute atomic E-state index is 14.8. The number of carbonyl (C=O) groups excluding carboxylic acids is 2. The van der Waals surface area contributed by atoms with Crippen LogP contribution in [0.15, 0.2) is 60.7 Å². The van der Waals surface area contributed by atoms with Crippen molar-refractivity contribution in [2.24, 2.45) is 5.73 Å². The zero-order chi connectivity index (χ0) is 26.0. The van der Waals surface area contributed by atoms with E-state index in [1.165, 1.54) is 24.3 Å². The van der Waals surface area contributed by atoms with Gasteiger partial charge in [-0.3, -0.25) is 9.59 Å². The third-order valence-corrected chi connectivity index (χ3v) is 4.35. The van der Waals surface area contributed by atoms with Crippen molar-refractivity contribution in [2.45, 2.75) is 12.5 Å². The molecule has 0 saturated heterocycles. The number of hydrogen-bond donors (Lipinski definition) is 2. The molecule has 0 atom stereocenters. The summed E-state index contributed by atoms with van der Waals surface area (Å²) >= 11 is 0. The Morgan fingerprint density at radius 2 is 1.37 bits per heavy atom. The second-order valence-corrected chi connectivity index (χ2v) is 6.81. The Morgan fingerprint density at radius 3 is 1.89 bits per heavy atom. The second kappa shape index (κ2) is 9.52. The summed E-state index contributed by atoms with van der Waals surface area (Å²) in [6.07, 6.45) is -10.1. The number of nitrogens with two attached hydrogens (primary N) is 1. The third kappa shape index (κ3) is 6.40. The van der Waals surface area contributed by atoms with Crippen molar-refractivity contribution in [2.75, 3.05) is 5.32 Å². The fourth-order valence-corrected chi connectivity index (χ4v) is 2.82. The summed E-state index contributed by atoms with van der Waals surface area (Å²) in [5, 5.41) is 2.18. The normalized spacial score (nSPS) is 11.6. The highest BCUT2D eigenvalue weighted by molar-refractivity contribution is 6.07. The maximum Gasteiger partial charge on any atom is 0.573 e. The smallest absolute Gasteiger partial charge is 0.456 e. The molecule has 0 aromatic heterocycles. The van der Waals surface area contributed by atoms with Gasteiger partial charge in [0.1, 0.15) is 22.8 Å². The average molecular weight is 502 g/mol. The van der Waals surface area contributed by atoms with Crippen molar-refractivity contribution in [3.63, 3.8) is 0 Å². The predicted octanol–water partition coefficient (Wildman–Crippen LogP) is 5.89. The van der Waals surface area contributed by atoms with Gasteiger partial charge in [0, 0.05) is 11.3 Å². The topological polar surface area (TPSA) is 90.7 Å². The van der Waals surface area contributed by atoms with Crippen molar-refractivity contribution < 1.29 is 49.8 Å². The Hall–Kier alpha value is -4.29. The minimum atomic E-state index is -5.14. The zero-order valence-corrected chi connectivity index (χ0v) is 17.1. The highest BCUT2D eigenvalue weighted by atomic mass is 19.4. The van der Waals surface area contributed by atoms with Gasteiger partial charge in [0.2, 0.25) is 5.91 Å². The van der Waals surface area contributed by atoms with E-state index < -0.39 is 52.8 Å². The average Bonchev–Trinajstić information content (AvgIpc) is 2.73. The molecule has 0 heterocycles. The van der Waals surface area contributed by atoms with Gasteiger partial charge in [0.25, 0.3) is 5.91 Å². The van der Waals surface area contributed by atoms with Crippen molar-refractivity contribution in [3.8, 4) is 17.2 Å². The Kier molecular flexibility index (Phi) is 6.89. The molecule has 3 aromatic carbocycles. The molecule has 3 N–H and O–H groups in total. The second-order valence-electron chi connectivity index (χ2n) is 6.81. The maximum atomic E-state index is 14.8. The van der Waals surface area contributed by atoms with Gasteiger partial charge in [-0.2, -0.15) is 13.2 Å². The number of rotatable bonds is 6. The lowest BCUT2D eigenvalue weighted by Crippen LogP contribution is -2.19. The van der Waals surface area contributed by atoms with Crippen LogP contribution < -0.4 is 20.5 Å². The molecule has 0 aliphatic heterocycles. The van der Waals surface area contributed by atoms with E-state index in [1.807, 2.05) is 0 Å². The lowest BCUT2D eigenvalue weighted by molar-refractivity contribution is -0.274. The molecule has 0 saturated carbocycles. The number of amides is 2. The molecule has 35 heavy (non-hydrogen) atoms. The molecule has 2 amide bonds. The molecule has 0 bridgehead atoms. The van der Waals surface area contributed by atoms with Crippen molar-refractivity contribution in [3.05, 3.63) is 83.2 Å². The molecule has 13 heteroatoms. The molecule has 0 aliphatic rings. The van der Waals surface area contributed by atoms with Gasteiger partial charge in [-0.1, -0.05) is 0 Å². The molecular weight excluding hydrogens is 489 g/mol. The van der Waals surface area contributed by atoms with Crippen LogP contribution in [0.4, 0.5) is 36.4 Å². The summed E-state index contributed by atoms with van der Waals surface area (Å²) in [6.45, 7) is 0. The summed E-state index contributed by atoms with van der Waals surface area (Å²) < 4.78 is 100. The zero-order valence-electron chi connectivity index (χ0n) is 17.1. The molecule has 0 aliphatic carbocycles. The van der Waals surface area contributed by atoms with Crippen LogP contribution in [-0.2, 0) is 6.18 Å². The Morgan fingerprint density at radius 1 is 0.800 bits per heavy atom. The van der Waals surface area contributed by atoms with E-state index in [-0.39, 0.29) is 17.0 Å². The largest absolute Gasteiger partial charge is 0.573 e. The van der Waals surface area contributed by atoms with Crippen LogP contribution in [0.5, 0.6) is 17.2 Å². The van der Waals surface area contributed by atoms with Gasteiger partial charge >= 0.3 is 12.5 Å². The summed E-state index contributed by atoms with van der Waals surface area (Å²) in [4.78, 5) is 23.9. The number of primary amides is 1. The van der Waals surface area contributed by atoms with Gasteiger partial charge in [-0.05, 0) is 60.7 Å². The van der Waals surface area contributed by atoms with Gasteiger partial charge < -0.3 is 20.5 Å². The first-order chi connectivity index (χ1) is 16.2. The van der Waals surface area contributed by atoms with Crippen LogP contribution in [0, 0.1) is 5.82 Å². The van der Waals surface area contributed by atoms with Crippen LogP contribution in [0.3, 0.4) is 0 Å². The summed E-state index contributed by atoms with van der Waals surface area (Å²) in [6, 6.07) is 9.56. The minimum Gasteiger partial charge on any atom is -0.456 e. The lowest BCUT2D eigenvalue weighted by atomic mass is 10.1. The molecule has 3 aromatic rings. The van der Waals surface area contributed by atoms with Crippen LogP contribution in [0.25, 0.3) is 0 Å². The summed E-state index contributed by atoms with van der Waals surface area (Å²) in [7, 11) is 0. The van der Waals surface area contributed by atoms with Crippen LogP contribution in [-0.4, -0.2) is 18.2 Å². The van der Waals surface area contributed by atoms with Crippen LogP contribution in [0.1, 0.15) is 26.3 Å². The first-order valence-corrected chi connectivity index (χ1v) is 9.39. The molecule has 6 nitrogen and oxygen atoms in total. The molecule has 0 unspecified atom stereocenters. The Balaban J connectivity index is 1.95. The van der Waals surface area contributed by atoms with Gasteiger partial charge in [0.05, 0.1) is 5.56 Å². The lowest BCUT2D eigenvalue weighted by Gasteiger charge is -2.16. The predicted molar refractivity (Wildman–Crippen MR) is 108 cm³/mol. The number of carbonyl (C=O) groups is 2. The number of anilines is 1. The number of benzene rings is 3. The number of ether oxygens (including phenoxy) is 2. The SMILES string of the molecule is NC(=O)c1ccc(NC(=O)c2c(Oc3ccc(OC(F)(F)F)cc3)ccc(C(F)(F)F)c2F)cc1. The minimum absolute atomic E-state index is 0.00332. The quantitative estimate of drug-likeness (QED) is 0.412. The van der Waals surface area contributed by atoms with Gasteiger partial charge in [-0.25, -0.2) is 4.39 Å². The van der Waals surface area contributed by atoms with Crippen molar-refractivity contribution >= 4 is 17.5 Å². The molecule has 0 radical (unpaired) electrons. The van der Waals surface area contributed by atoms with E-state index in [2.05, 4.69) is 10.1 Å². The summed E-state index contributed by atoms with van der Waals surface area (Å²) in [5.74, 6) is -5.51. The Bertz CT molecular complexity index is 1240. The Labute approximate surface area is 192 Å². The number of hydrogen-bond acceptors (Lipinski definition) is 4. The molecule has 0 spiro atoms. The molecule has 184 valence electrons. The van der Waals surface area contributed by atoms with E-state index in [0.717, 1.165) is 24.3 Å². The molecular formula is C22H13F7N2O4. The van der Waals surface area contributed by atoms with Crippen LogP contribution in [0.2, 0.25) is 0 Å². The standard InChI is InChI=1S/C22H13F7N2O4/c23-18-15(21(24,25)26)9-10-16(34-13-5-7-14(8-6-13)35-22(27,28)29)17(18)20(33)31-12-3-1-11(2-4-12)19(30)32/h1-10H,(H2,30,32)(H,31,33). The first-order valence-electron chi connectivity index (χ1n) is 9.39. The number of alkyl halides is 6. The van der Waals surface area contributed by atoms with E-state index in [9.17, 15) is 40.3 Å². The summed E-state index contributed by atoms with van der Waals surface area (Å²) in [5.41, 5.74) is 2.32. The van der Waals surface area contributed by atoms with E-state index in [1.54, 1.807) is 0 Å². The van der Waals surface area contributed by atoms with E-state index >= 15 is 0 Å². The fourth-order valence-electron chi connectivity index (χ4n) is 2.82. The number of nitrogens with one attached hydrogen (secondary N) is 1. The van der Waals surface area contributed by atoms with E-state index in [4.69, 9.17) is 10.5 Å². The highest BCUT2D eigenvalue weighted by Crippen LogP contribution is 2.38. The van der Waals surface area contributed by atoms with Gasteiger partial charge in [0.15, 0.2) is 5.82 Å². The van der Waals surface area contributed by atoms with Crippen LogP contribution >= 0.6 is 0 Å². The molecule has 3 rings (SSSR count). The highest BCUT2D eigenvalue weighted by Gasteiger charge is 2.37. The third-order valence-electron chi connectivity index (χ3n) is 4.35. The van der Waals surface area contributed by atoms with E-state index in [0.29, 0.717) is 12.1 Å². The fraction of sp³-hybridized carbons (Fsp3) is 0.0909. The first kappa shape index (κ1) is 25.3. The van der Waals surface area contributed by atoms with Gasteiger partial charge in [-0.15, -0.1) is 13.2 Å². The van der Waals surface area contributed by atoms with Crippen molar-refractivity contribution in [1.29, 1.82) is 0 Å². The monoisotopic (exact) mass is 502 g/mol. The molecule has 0 fully saturated rings. The number of halogens is 7.